The number of amides is 2. The standard InChI is InChI=1S/C19H24N2O2/c1-13-11-14(2)18(15(3)12-13)21-19(23)20-10-9-17(22)16-7-5-4-6-8-16/h4-8,11-12,17,22H,9-10H2,1-3H3,(H2,20,21,23). The zero-order chi connectivity index (χ0) is 16.8. The average molecular weight is 312 g/mol. The fourth-order valence-corrected chi connectivity index (χ4v) is 2.70. The summed E-state index contributed by atoms with van der Waals surface area (Å²) in [5.74, 6) is 0. The minimum absolute atomic E-state index is 0.250. The van der Waals surface area contributed by atoms with Crippen LogP contribution in [0.25, 0.3) is 0 Å². The van der Waals surface area contributed by atoms with Crippen LogP contribution in [-0.4, -0.2) is 17.7 Å². The predicted octanol–water partition coefficient (Wildman–Crippen LogP) is 3.86. The van der Waals surface area contributed by atoms with Crippen LogP contribution in [0.1, 0.15) is 34.8 Å². The molecule has 4 heteroatoms. The minimum atomic E-state index is -0.570. The number of urea groups is 1. The molecule has 23 heavy (non-hydrogen) atoms. The number of rotatable bonds is 5. The fraction of sp³-hybridized carbons (Fsp3) is 0.316. The highest BCUT2D eigenvalue weighted by atomic mass is 16.3. The number of carbonyl (C=O) groups excluding carboxylic acids is 1. The van der Waals surface area contributed by atoms with Crippen LogP contribution in [-0.2, 0) is 0 Å². The van der Waals surface area contributed by atoms with Crippen molar-refractivity contribution in [2.45, 2.75) is 33.3 Å². The Labute approximate surface area is 137 Å². The van der Waals surface area contributed by atoms with Gasteiger partial charge in [-0.15, -0.1) is 0 Å². The lowest BCUT2D eigenvalue weighted by molar-refractivity contribution is 0.167. The van der Waals surface area contributed by atoms with Crippen molar-refractivity contribution in [2.75, 3.05) is 11.9 Å². The number of aryl methyl sites for hydroxylation is 3. The Kier molecular flexibility index (Phi) is 5.77. The van der Waals surface area contributed by atoms with E-state index in [1.54, 1.807) is 0 Å². The maximum absolute atomic E-state index is 12.0. The van der Waals surface area contributed by atoms with Crippen LogP contribution < -0.4 is 10.6 Å². The highest BCUT2D eigenvalue weighted by Gasteiger charge is 2.10. The first-order valence-corrected chi connectivity index (χ1v) is 7.83. The normalized spacial score (nSPS) is 11.8. The molecule has 0 heterocycles. The Morgan fingerprint density at radius 3 is 2.30 bits per heavy atom. The summed E-state index contributed by atoms with van der Waals surface area (Å²) in [6.07, 6.45) is -0.0946. The van der Waals surface area contributed by atoms with Crippen molar-refractivity contribution in [1.82, 2.24) is 5.32 Å². The summed E-state index contributed by atoms with van der Waals surface area (Å²) >= 11 is 0. The molecule has 0 fully saturated rings. The summed E-state index contributed by atoms with van der Waals surface area (Å²) in [5, 5.41) is 15.7. The molecule has 0 aliphatic carbocycles. The first-order chi connectivity index (χ1) is 11.0. The van der Waals surface area contributed by atoms with Gasteiger partial charge < -0.3 is 15.7 Å². The maximum atomic E-state index is 12.0. The smallest absolute Gasteiger partial charge is 0.319 e. The van der Waals surface area contributed by atoms with Gasteiger partial charge in [-0.1, -0.05) is 48.0 Å². The molecule has 2 rings (SSSR count). The Bertz CT molecular complexity index is 645. The van der Waals surface area contributed by atoms with E-state index in [1.165, 1.54) is 5.56 Å². The van der Waals surface area contributed by atoms with Crippen LogP contribution in [0, 0.1) is 20.8 Å². The summed E-state index contributed by atoms with van der Waals surface area (Å²) in [5.41, 5.74) is 4.97. The molecule has 1 unspecified atom stereocenters. The van der Waals surface area contributed by atoms with Crippen molar-refractivity contribution in [3.05, 3.63) is 64.7 Å². The molecule has 0 radical (unpaired) electrons. The molecule has 2 amide bonds. The molecule has 2 aromatic carbocycles. The van der Waals surface area contributed by atoms with E-state index in [0.717, 1.165) is 22.4 Å². The van der Waals surface area contributed by atoms with Gasteiger partial charge in [-0.3, -0.25) is 0 Å². The summed E-state index contributed by atoms with van der Waals surface area (Å²) in [6.45, 7) is 6.41. The highest BCUT2D eigenvalue weighted by molar-refractivity contribution is 5.91. The Hall–Kier alpha value is -2.33. The number of hydrogen-bond donors (Lipinski definition) is 3. The van der Waals surface area contributed by atoms with E-state index in [9.17, 15) is 9.90 Å². The molecule has 0 spiro atoms. The van der Waals surface area contributed by atoms with E-state index < -0.39 is 6.10 Å². The van der Waals surface area contributed by atoms with E-state index in [0.29, 0.717) is 13.0 Å². The number of anilines is 1. The first kappa shape index (κ1) is 17.0. The lowest BCUT2D eigenvalue weighted by Gasteiger charge is -2.15. The highest BCUT2D eigenvalue weighted by Crippen LogP contribution is 2.21. The SMILES string of the molecule is Cc1cc(C)c(NC(=O)NCCC(O)c2ccccc2)c(C)c1. The molecule has 0 aliphatic rings. The number of carbonyl (C=O) groups is 1. The van der Waals surface area contributed by atoms with Crippen LogP contribution >= 0.6 is 0 Å². The van der Waals surface area contributed by atoms with Crippen LogP contribution in [0.5, 0.6) is 0 Å². The molecule has 0 bridgehead atoms. The summed E-state index contributed by atoms with van der Waals surface area (Å²) in [6, 6.07) is 13.3. The van der Waals surface area contributed by atoms with Crippen LogP contribution in [0.3, 0.4) is 0 Å². The third kappa shape index (κ3) is 4.83. The van der Waals surface area contributed by atoms with Crippen molar-refractivity contribution >= 4 is 11.7 Å². The summed E-state index contributed by atoms with van der Waals surface area (Å²) < 4.78 is 0. The zero-order valence-corrected chi connectivity index (χ0v) is 13.9. The van der Waals surface area contributed by atoms with Gasteiger partial charge in [-0.05, 0) is 43.9 Å². The minimum Gasteiger partial charge on any atom is -0.388 e. The molecule has 0 aromatic heterocycles. The third-order valence-electron chi connectivity index (χ3n) is 3.80. The van der Waals surface area contributed by atoms with Gasteiger partial charge in [0.15, 0.2) is 0 Å². The monoisotopic (exact) mass is 312 g/mol. The van der Waals surface area contributed by atoms with Gasteiger partial charge in [-0.2, -0.15) is 0 Å². The summed E-state index contributed by atoms with van der Waals surface area (Å²) in [4.78, 5) is 12.0. The second-order valence-corrected chi connectivity index (χ2v) is 5.87. The van der Waals surface area contributed by atoms with E-state index in [1.807, 2.05) is 63.2 Å². The first-order valence-electron chi connectivity index (χ1n) is 7.83. The third-order valence-corrected chi connectivity index (χ3v) is 3.80. The molecule has 4 nitrogen and oxygen atoms in total. The Morgan fingerprint density at radius 2 is 1.70 bits per heavy atom. The van der Waals surface area contributed by atoms with Gasteiger partial charge in [0, 0.05) is 12.2 Å². The van der Waals surface area contributed by atoms with Crippen molar-refractivity contribution in [3.8, 4) is 0 Å². The molecule has 0 saturated heterocycles. The number of hydrogen-bond acceptors (Lipinski definition) is 2. The van der Waals surface area contributed by atoms with Gasteiger partial charge >= 0.3 is 6.03 Å². The second-order valence-electron chi connectivity index (χ2n) is 5.87. The van der Waals surface area contributed by atoms with Crippen molar-refractivity contribution in [2.24, 2.45) is 0 Å². The topological polar surface area (TPSA) is 61.4 Å². The van der Waals surface area contributed by atoms with Crippen LogP contribution in [0.2, 0.25) is 0 Å². The molecule has 3 N–H and O–H groups in total. The molecular formula is C19H24N2O2. The van der Waals surface area contributed by atoms with Gasteiger partial charge in [0.2, 0.25) is 0 Å². The van der Waals surface area contributed by atoms with Gasteiger partial charge in [0.05, 0.1) is 6.10 Å². The van der Waals surface area contributed by atoms with Crippen molar-refractivity contribution in [3.63, 3.8) is 0 Å². The molecule has 0 saturated carbocycles. The Morgan fingerprint density at radius 1 is 1.09 bits per heavy atom. The van der Waals surface area contributed by atoms with E-state index in [4.69, 9.17) is 0 Å². The second kappa shape index (κ2) is 7.79. The summed E-state index contributed by atoms with van der Waals surface area (Å²) in [7, 11) is 0. The van der Waals surface area contributed by atoms with Gasteiger partial charge in [0.1, 0.15) is 0 Å². The average Bonchev–Trinajstić information content (AvgIpc) is 2.51. The van der Waals surface area contributed by atoms with Crippen molar-refractivity contribution < 1.29 is 9.90 Å². The number of benzene rings is 2. The zero-order valence-electron chi connectivity index (χ0n) is 13.9. The van der Waals surface area contributed by atoms with E-state index in [-0.39, 0.29) is 6.03 Å². The largest absolute Gasteiger partial charge is 0.388 e. The van der Waals surface area contributed by atoms with Gasteiger partial charge in [0.25, 0.3) is 0 Å². The predicted molar refractivity (Wildman–Crippen MR) is 93.7 cm³/mol. The number of aliphatic hydroxyl groups excluding tert-OH is 1. The quantitative estimate of drug-likeness (QED) is 0.785. The molecule has 1 atom stereocenters. The molecule has 122 valence electrons. The van der Waals surface area contributed by atoms with E-state index in [2.05, 4.69) is 10.6 Å². The molecular weight excluding hydrogens is 288 g/mol. The lowest BCUT2D eigenvalue weighted by Crippen LogP contribution is -2.30. The van der Waals surface area contributed by atoms with Crippen LogP contribution in [0.15, 0.2) is 42.5 Å². The molecule has 0 aliphatic heterocycles. The van der Waals surface area contributed by atoms with E-state index >= 15 is 0 Å². The number of aliphatic hydroxyl groups is 1. The Balaban J connectivity index is 1.84. The van der Waals surface area contributed by atoms with Crippen LogP contribution in [0.4, 0.5) is 10.5 Å². The maximum Gasteiger partial charge on any atom is 0.319 e. The van der Waals surface area contributed by atoms with Gasteiger partial charge in [-0.25, -0.2) is 4.79 Å². The number of nitrogens with one attached hydrogen (secondary N) is 2. The fourth-order valence-electron chi connectivity index (χ4n) is 2.70. The van der Waals surface area contributed by atoms with Crippen molar-refractivity contribution in [1.29, 1.82) is 0 Å². The lowest BCUT2D eigenvalue weighted by atomic mass is 10.1. The molecule has 2 aromatic rings.